The van der Waals surface area contributed by atoms with Crippen LogP contribution in [0.1, 0.15) is 17.4 Å². The summed E-state index contributed by atoms with van der Waals surface area (Å²) in [6.07, 6.45) is 6.67. The summed E-state index contributed by atoms with van der Waals surface area (Å²) in [4.78, 5) is 18.0. The molecule has 0 aliphatic carbocycles. The number of aromatic nitrogens is 2. The van der Waals surface area contributed by atoms with Gasteiger partial charge in [-0.3, -0.25) is 10.1 Å². The number of H-pyrrole nitrogens is 1. The van der Waals surface area contributed by atoms with Gasteiger partial charge in [0.1, 0.15) is 12.2 Å². The summed E-state index contributed by atoms with van der Waals surface area (Å²) in [5.74, 6) is -0.232. The van der Waals surface area contributed by atoms with Gasteiger partial charge >= 0.3 is 5.97 Å². The van der Waals surface area contributed by atoms with E-state index in [0.29, 0.717) is 6.42 Å². The van der Waals surface area contributed by atoms with Gasteiger partial charge < -0.3 is 14.6 Å². The van der Waals surface area contributed by atoms with Gasteiger partial charge in [0, 0.05) is 41.5 Å². The molecule has 132 valence electrons. The Morgan fingerprint density at radius 3 is 3.15 bits per heavy atom. The third kappa shape index (κ3) is 2.35. The van der Waals surface area contributed by atoms with Crippen LogP contribution >= 0.6 is 11.5 Å². The van der Waals surface area contributed by atoms with Crippen LogP contribution in [-0.2, 0) is 16.0 Å². The second-order valence-corrected chi connectivity index (χ2v) is 7.42. The van der Waals surface area contributed by atoms with E-state index in [4.69, 9.17) is 4.74 Å². The van der Waals surface area contributed by atoms with E-state index >= 15 is 0 Å². The minimum atomic E-state index is -0.368. The molecule has 6 nitrogen and oxygen atoms in total. The Labute approximate surface area is 153 Å². The molecule has 0 saturated heterocycles. The van der Waals surface area contributed by atoms with Gasteiger partial charge in [-0.05, 0) is 29.2 Å². The largest absolute Gasteiger partial charge is 0.468 e. The van der Waals surface area contributed by atoms with Gasteiger partial charge in [-0.2, -0.15) is 4.37 Å². The number of hydrogen-bond donors (Lipinski definition) is 2. The number of nitrogens with one attached hydrogen (secondary N) is 2. The minimum absolute atomic E-state index is 0.125. The summed E-state index contributed by atoms with van der Waals surface area (Å²) in [6.45, 7) is 0.759. The van der Waals surface area contributed by atoms with Gasteiger partial charge in [0.25, 0.3) is 0 Å². The lowest BCUT2D eigenvalue weighted by Crippen LogP contribution is -2.51. The van der Waals surface area contributed by atoms with E-state index in [-0.39, 0.29) is 18.2 Å². The van der Waals surface area contributed by atoms with Crippen molar-refractivity contribution in [1.82, 2.24) is 19.6 Å². The molecular weight excluding hydrogens is 348 g/mol. The number of aromatic amines is 1. The third-order valence-electron chi connectivity index (χ3n) is 5.12. The Kier molecular flexibility index (Phi) is 3.58. The average molecular weight is 366 g/mol. The Morgan fingerprint density at radius 2 is 2.27 bits per heavy atom. The van der Waals surface area contributed by atoms with Crippen LogP contribution < -0.4 is 15.1 Å². The highest BCUT2D eigenvalue weighted by atomic mass is 32.1. The molecule has 2 N–H and O–H groups in total. The number of fused-ring (bicyclic) bond motifs is 4. The predicted molar refractivity (Wildman–Crippen MR) is 101 cm³/mol. The predicted octanol–water partition coefficient (Wildman–Crippen LogP) is 0.845. The van der Waals surface area contributed by atoms with Gasteiger partial charge in [-0.1, -0.05) is 18.2 Å². The molecule has 2 aliphatic rings. The molecule has 0 bridgehead atoms. The molecule has 1 aromatic carbocycles. The summed E-state index contributed by atoms with van der Waals surface area (Å²) < 4.78 is 10.5. The summed E-state index contributed by atoms with van der Waals surface area (Å²) in [5, 5.41) is 5.75. The highest BCUT2D eigenvalue weighted by Crippen LogP contribution is 2.34. The Hall–Kier alpha value is -2.64. The molecule has 5 rings (SSSR count). The number of para-hydroxylation sites is 1. The van der Waals surface area contributed by atoms with Crippen molar-refractivity contribution in [2.24, 2.45) is 0 Å². The van der Waals surface area contributed by atoms with Crippen molar-refractivity contribution >= 4 is 40.7 Å². The molecular formula is C19H18N4O2S. The van der Waals surface area contributed by atoms with Crippen LogP contribution in [0.3, 0.4) is 0 Å². The van der Waals surface area contributed by atoms with Gasteiger partial charge in [0.05, 0.1) is 17.3 Å². The van der Waals surface area contributed by atoms with Crippen LogP contribution in [0.4, 0.5) is 0 Å². The first-order valence-corrected chi connectivity index (χ1v) is 9.34. The first-order valence-electron chi connectivity index (χ1n) is 8.56. The number of ether oxygens (including phenoxy) is 1. The molecule has 0 saturated carbocycles. The molecule has 0 spiro atoms. The monoisotopic (exact) mass is 366 g/mol. The molecule has 26 heavy (non-hydrogen) atoms. The van der Waals surface area contributed by atoms with E-state index in [1.165, 1.54) is 34.1 Å². The second-order valence-electron chi connectivity index (χ2n) is 6.59. The first-order chi connectivity index (χ1) is 12.7. The Morgan fingerprint density at radius 1 is 1.38 bits per heavy atom. The lowest BCUT2D eigenvalue weighted by molar-refractivity contribution is -0.143. The average Bonchev–Trinajstić information content (AvgIpc) is 3.30. The number of nitrogens with zero attached hydrogens (tertiary/aromatic N) is 2. The van der Waals surface area contributed by atoms with Gasteiger partial charge in [0.2, 0.25) is 0 Å². The van der Waals surface area contributed by atoms with E-state index in [1.807, 2.05) is 18.3 Å². The fourth-order valence-corrected chi connectivity index (χ4v) is 4.51. The van der Waals surface area contributed by atoms with E-state index in [9.17, 15) is 4.79 Å². The topological polar surface area (TPSA) is 70.2 Å². The SMILES string of the molecule is COC(=O)[C@H]1Cc2c([nH]c3ccccc23)[C@H](N2C=c3cnsc3=CC2)N1. The number of esters is 1. The molecule has 3 aromatic rings. The number of rotatable bonds is 2. The molecule has 7 heteroatoms. The third-order valence-corrected chi connectivity index (χ3v) is 5.93. The molecule has 0 amide bonds. The van der Waals surface area contributed by atoms with Crippen molar-refractivity contribution in [1.29, 1.82) is 0 Å². The van der Waals surface area contributed by atoms with Gasteiger partial charge in [0.15, 0.2) is 0 Å². The maximum atomic E-state index is 12.3. The number of hydrogen-bond acceptors (Lipinski definition) is 6. The summed E-state index contributed by atoms with van der Waals surface area (Å²) in [7, 11) is 1.44. The highest BCUT2D eigenvalue weighted by Gasteiger charge is 2.36. The number of carbonyl (C=O) groups excluding carboxylic acids is 1. The van der Waals surface area contributed by atoms with Crippen molar-refractivity contribution in [3.8, 4) is 0 Å². The van der Waals surface area contributed by atoms with E-state index in [0.717, 1.165) is 23.0 Å². The Balaban J connectivity index is 1.64. The maximum absolute atomic E-state index is 12.3. The summed E-state index contributed by atoms with van der Waals surface area (Å²) in [6, 6.07) is 7.87. The number of benzene rings is 1. The second kappa shape index (κ2) is 5.96. The van der Waals surface area contributed by atoms with Gasteiger partial charge in [-0.15, -0.1) is 0 Å². The molecule has 2 aliphatic heterocycles. The van der Waals surface area contributed by atoms with Crippen LogP contribution in [0, 0.1) is 0 Å². The smallest absolute Gasteiger partial charge is 0.323 e. The standard InChI is InChI=1S/C19H18N4O2S/c1-25-19(24)15-8-13-12-4-2-3-5-14(12)21-17(13)18(22-15)23-7-6-16-11(10-23)9-20-26-16/h2-6,9-10,15,18,21-22H,7-8H2,1H3/t15-,18+/m1/s1. The van der Waals surface area contributed by atoms with Crippen LogP contribution in [0.2, 0.25) is 0 Å². The lowest BCUT2D eigenvalue weighted by Gasteiger charge is -2.37. The van der Waals surface area contributed by atoms with E-state index in [1.54, 1.807) is 0 Å². The number of carbonyl (C=O) groups is 1. The zero-order valence-electron chi connectivity index (χ0n) is 14.2. The fourth-order valence-electron chi connectivity index (χ4n) is 3.87. The van der Waals surface area contributed by atoms with Gasteiger partial charge in [-0.25, -0.2) is 0 Å². The maximum Gasteiger partial charge on any atom is 0.323 e. The van der Waals surface area contributed by atoms with Crippen molar-refractivity contribution in [3.63, 3.8) is 0 Å². The summed E-state index contributed by atoms with van der Waals surface area (Å²) in [5.41, 5.74) is 3.39. The van der Waals surface area contributed by atoms with E-state index < -0.39 is 0 Å². The molecule has 0 unspecified atom stereocenters. The normalized spacial score (nSPS) is 21.5. The lowest BCUT2D eigenvalue weighted by atomic mass is 9.96. The highest BCUT2D eigenvalue weighted by molar-refractivity contribution is 7.03. The quantitative estimate of drug-likeness (QED) is 0.658. The Bertz CT molecular complexity index is 1120. The summed E-state index contributed by atoms with van der Waals surface area (Å²) >= 11 is 1.51. The van der Waals surface area contributed by atoms with Crippen LogP contribution in [0.15, 0.2) is 30.5 Å². The van der Waals surface area contributed by atoms with E-state index in [2.05, 4.69) is 44.0 Å². The van der Waals surface area contributed by atoms with Crippen molar-refractivity contribution < 1.29 is 9.53 Å². The molecule has 2 aromatic heterocycles. The fraction of sp³-hybridized carbons (Fsp3) is 0.263. The van der Waals surface area contributed by atoms with Crippen LogP contribution in [-0.4, -0.2) is 39.9 Å². The van der Waals surface area contributed by atoms with Crippen LogP contribution in [0.25, 0.3) is 23.2 Å². The van der Waals surface area contributed by atoms with Crippen LogP contribution in [0.5, 0.6) is 0 Å². The molecule has 0 fully saturated rings. The van der Waals surface area contributed by atoms with Crippen molar-refractivity contribution in [2.45, 2.75) is 18.6 Å². The molecule has 0 radical (unpaired) electrons. The van der Waals surface area contributed by atoms with Crippen molar-refractivity contribution in [2.75, 3.05) is 13.7 Å². The zero-order chi connectivity index (χ0) is 17.7. The minimum Gasteiger partial charge on any atom is -0.468 e. The number of methoxy groups -OCH3 is 1. The molecule has 2 atom stereocenters. The first kappa shape index (κ1) is 15.6. The molecule has 4 heterocycles. The van der Waals surface area contributed by atoms with Crippen molar-refractivity contribution in [3.05, 3.63) is 51.5 Å². The zero-order valence-corrected chi connectivity index (χ0v) is 15.0.